The van der Waals surface area contributed by atoms with Crippen LogP contribution in [0.3, 0.4) is 0 Å². The maximum atomic E-state index is 12.8. The van der Waals surface area contributed by atoms with Gasteiger partial charge in [0.05, 0.1) is 28.8 Å². The number of hydrogen-bond acceptors (Lipinski definition) is 5. The van der Waals surface area contributed by atoms with Crippen LogP contribution in [0.1, 0.15) is 5.56 Å². The Hall–Kier alpha value is -2.53. The maximum absolute atomic E-state index is 12.8. The number of carbonyl (C=O) groups is 1. The summed E-state index contributed by atoms with van der Waals surface area (Å²) in [6, 6.07) is 9.78. The number of carbonyl (C=O) groups excluding carboxylic acids is 1. The highest BCUT2D eigenvalue weighted by molar-refractivity contribution is 7.89. The number of nitrogens with zero attached hydrogens (tertiary/aromatic N) is 1. The van der Waals surface area contributed by atoms with E-state index in [0.717, 1.165) is 0 Å². The Bertz CT molecular complexity index is 1060. The van der Waals surface area contributed by atoms with Gasteiger partial charge in [-0.3, -0.25) is 4.79 Å². The summed E-state index contributed by atoms with van der Waals surface area (Å²) < 4.78 is 60.7. The first-order chi connectivity index (χ1) is 14.8. The Morgan fingerprint density at radius 3 is 2.48 bits per heavy atom. The van der Waals surface area contributed by atoms with Crippen LogP contribution in [0.2, 0.25) is 5.02 Å². The fraction of sp³-hybridized carbons (Fsp3) is 0.250. The molecule has 0 spiro atoms. The van der Waals surface area contributed by atoms with Crippen molar-refractivity contribution in [2.45, 2.75) is 11.5 Å². The summed E-state index contributed by atoms with van der Waals surface area (Å²) in [5.41, 5.74) is 0.720. The molecule has 1 saturated heterocycles. The highest BCUT2D eigenvalue weighted by Crippen LogP contribution is 2.27. The first-order valence-corrected chi connectivity index (χ1v) is 11.0. The molecule has 31 heavy (non-hydrogen) atoms. The molecule has 166 valence electrons. The molecule has 1 aliphatic rings. The molecule has 1 amide bonds. The van der Waals surface area contributed by atoms with Crippen LogP contribution < -0.4 is 10.1 Å². The summed E-state index contributed by atoms with van der Waals surface area (Å²) in [4.78, 5) is 12.3. The Balaban J connectivity index is 1.69. The van der Waals surface area contributed by atoms with Crippen molar-refractivity contribution in [1.29, 1.82) is 0 Å². The van der Waals surface area contributed by atoms with E-state index in [2.05, 4.69) is 10.1 Å². The van der Waals surface area contributed by atoms with Gasteiger partial charge in [0.25, 0.3) is 0 Å². The van der Waals surface area contributed by atoms with Crippen LogP contribution in [0.5, 0.6) is 5.75 Å². The molecule has 0 bridgehead atoms. The quantitative estimate of drug-likeness (QED) is 0.622. The number of nitrogens with one attached hydrogen (secondary N) is 1. The van der Waals surface area contributed by atoms with Crippen LogP contribution in [0.25, 0.3) is 6.08 Å². The molecule has 0 aromatic heterocycles. The van der Waals surface area contributed by atoms with E-state index in [-0.39, 0.29) is 34.4 Å². The first kappa shape index (κ1) is 23.1. The van der Waals surface area contributed by atoms with E-state index in [4.69, 9.17) is 16.3 Å². The summed E-state index contributed by atoms with van der Waals surface area (Å²) in [5.74, 6) is -0.544. The predicted octanol–water partition coefficient (Wildman–Crippen LogP) is 3.61. The molecule has 0 saturated carbocycles. The number of morpholine rings is 1. The summed E-state index contributed by atoms with van der Waals surface area (Å²) in [6.45, 7) is -1.79. The number of halogens is 3. The van der Waals surface area contributed by atoms with E-state index in [1.807, 2.05) is 0 Å². The molecule has 1 fully saturated rings. The Morgan fingerprint density at radius 2 is 1.84 bits per heavy atom. The van der Waals surface area contributed by atoms with Crippen molar-refractivity contribution in [3.05, 3.63) is 59.1 Å². The lowest BCUT2D eigenvalue weighted by Crippen LogP contribution is -2.40. The van der Waals surface area contributed by atoms with Crippen molar-refractivity contribution in [3.8, 4) is 5.75 Å². The van der Waals surface area contributed by atoms with Gasteiger partial charge in [-0.15, -0.1) is 0 Å². The molecule has 11 heteroatoms. The standard InChI is InChI=1S/C20H19ClF2N2O5S/c21-17-7-6-16(31(27,28)25-9-11-29-12-10-25)13-18(17)24-19(26)8-3-14-1-4-15(5-2-14)30-20(22)23/h1-8,13,20H,9-12H2,(H,24,26)/b8-3+. The third-order valence-corrected chi connectivity index (χ3v) is 6.56. The molecular formula is C20H19ClF2N2O5S. The van der Waals surface area contributed by atoms with Crippen molar-refractivity contribution in [1.82, 2.24) is 4.31 Å². The minimum absolute atomic E-state index is 0.00155. The van der Waals surface area contributed by atoms with Gasteiger partial charge in [-0.05, 0) is 42.0 Å². The molecule has 7 nitrogen and oxygen atoms in total. The molecule has 0 aliphatic carbocycles. The predicted molar refractivity (Wildman–Crippen MR) is 112 cm³/mol. The van der Waals surface area contributed by atoms with Gasteiger partial charge in [0.2, 0.25) is 15.9 Å². The minimum atomic E-state index is -3.75. The number of rotatable bonds is 7. The summed E-state index contributed by atoms with van der Waals surface area (Å²) >= 11 is 6.11. The van der Waals surface area contributed by atoms with E-state index in [9.17, 15) is 22.0 Å². The average Bonchev–Trinajstić information content (AvgIpc) is 2.75. The fourth-order valence-electron chi connectivity index (χ4n) is 2.80. The molecule has 0 unspecified atom stereocenters. The van der Waals surface area contributed by atoms with Crippen LogP contribution >= 0.6 is 11.6 Å². The molecule has 3 rings (SSSR count). The lowest BCUT2D eigenvalue weighted by Gasteiger charge is -2.26. The van der Waals surface area contributed by atoms with Crippen LogP contribution in [-0.4, -0.2) is 51.5 Å². The third-order valence-electron chi connectivity index (χ3n) is 4.34. The van der Waals surface area contributed by atoms with Crippen molar-refractivity contribution in [3.63, 3.8) is 0 Å². The van der Waals surface area contributed by atoms with E-state index in [1.165, 1.54) is 58.9 Å². The monoisotopic (exact) mass is 472 g/mol. The second-order valence-corrected chi connectivity index (χ2v) is 8.77. The van der Waals surface area contributed by atoms with Gasteiger partial charge < -0.3 is 14.8 Å². The van der Waals surface area contributed by atoms with Crippen molar-refractivity contribution in [2.75, 3.05) is 31.6 Å². The lowest BCUT2D eigenvalue weighted by atomic mass is 10.2. The second kappa shape index (κ2) is 10.2. The molecule has 1 aliphatic heterocycles. The number of ether oxygens (including phenoxy) is 2. The smallest absolute Gasteiger partial charge is 0.387 e. The lowest BCUT2D eigenvalue weighted by molar-refractivity contribution is -0.111. The summed E-state index contributed by atoms with van der Waals surface area (Å²) in [7, 11) is -3.75. The van der Waals surface area contributed by atoms with Crippen LogP contribution in [0, 0.1) is 0 Å². The van der Waals surface area contributed by atoms with Crippen LogP contribution in [-0.2, 0) is 19.6 Å². The van der Waals surface area contributed by atoms with E-state index >= 15 is 0 Å². The molecule has 2 aromatic rings. The highest BCUT2D eigenvalue weighted by Gasteiger charge is 2.27. The van der Waals surface area contributed by atoms with E-state index < -0.39 is 22.5 Å². The van der Waals surface area contributed by atoms with Crippen LogP contribution in [0.15, 0.2) is 53.4 Å². The Morgan fingerprint density at radius 1 is 1.16 bits per heavy atom. The Labute approximate surface area is 183 Å². The zero-order valence-corrected chi connectivity index (χ0v) is 17.7. The van der Waals surface area contributed by atoms with Gasteiger partial charge in [0, 0.05) is 19.2 Å². The highest BCUT2D eigenvalue weighted by atomic mass is 35.5. The van der Waals surface area contributed by atoms with Gasteiger partial charge in [-0.25, -0.2) is 8.42 Å². The molecule has 2 aromatic carbocycles. The first-order valence-electron chi connectivity index (χ1n) is 9.17. The summed E-state index contributed by atoms with van der Waals surface area (Å²) in [5, 5.41) is 2.72. The normalized spacial score (nSPS) is 15.4. The van der Waals surface area contributed by atoms with Gasteiger partial charge in [0.1, 0.15) is 5.75 Å². The van der Waals surface area contributed by atoms with Crippen molar-refractivity contribution >= 4 is 39.3 Å². The molecule has 1 heterocycles. The van der Waals surface area contributed by atoms with Crippen molar-refractivity contribution < 1.29 is 31.5 Å². The van der Waals surface area contributed by atoms with E-state index in [0.29, 0.717) is 18.8 Å². The van der Waals surface area contributed by atoms with Gasteiger partial charge in [0.15, 0.2) is 0 Å². The van der Waals surface area contributed by atoms with Crippen molar-refractivity contribution in [2.24, 2.45) is 0 Å². The molecular weight excluding hydrogens is 454 g/mol. The number of sulfonamides is 1. The minimum Gasteiger partial charge on any atom is -0.435 e. The fourth-order valence-corrected chi connectivity index (χ4v) is 4.40. The largest absolute Gasteiger partial charge is 0.435 e. The van der Waals surface area contributed by atoms with Gasteiger partial charge in [-0.1, -0.05) is 23.7 Å². The van der Waals surface area contributed by atoms with E-state index in [1.54, 1.807) is 0 Å². The molecule has 0 radical (unpaired) electrons. The number of hydrogen-bond donors (Lipinski definition) is 1. The second-order valence-electron chi connectivity index (χ2n) is 6.43. The topological polar surface area (TPSA) is 84.9 Å². The van der Waals surface area contributed by atoms with Crippen LogP contribution in [0.4, 0.5) is 14.5 Å². The number of anilines is 1. The van der Waals surface area contributed by atoms with Gasteiger partial charge >= 0.3 is 6.61 Å². The summed E-state index contributed by atoms with van der Waals surface area (Å²) in [6.07, 6.45) is 2.67. The zero-order chi connectivity index (χ0) is 22.4. The number of benzene rings is 2. The average molecular weight is 473 g/mol. The molecule has 0 atom stereocenters. The number of alkyl halides is 2. The van der Waals surface area contributed by atoms with Gasteiger partial charge in [-0.2, -0.15) is 13.1 Å². The Kier molecular flexibility index (Phi) is 7.60. The third kappa shape index (κ3) is 6.23. The molecule has 1 N–H and O–H groups in total. The maximum Gasteiger partial charge on any atom is 0.387 e. The number of amides is 1. The SMILES string of the molecule is O=C(/C=C/c1ccc(OC(F)F)cc1)Nc1cc(S(=O)(=O)N2CCOCC2)ccc1Cl. The zero-order valence-electron chi connectivity index (χ0n) is 16.1.